The Morgan fingerprint density at radius 3 is 2.59 bits per heavy atom. The molecule has 22 heavy (non-hydrogen) atoms. The minimum Gasteiger partial charge on any atom is -0.355 e. The Kier molecular flexibility index (Phi) is 8.44. The molecule has 1 aromatic carbocycles. The van der Waals surface area contributed by atoms with Crippen LogP contribution in [0.3, 0.4) is 0 Å². The summed E-state index contributed by atoms with van der Waals surface area (Å²) in [6, 6.07) is 4.13. The van der Waals surface area contributed by atoms with Gasteiger partial charge in [0, 0.05) is 13.3 Å². The molecule has 0 saturated carbocycles. The molecule has 1 aromatic rings. The lowest BCUT2D eigenvalue weighted by atomic mass is 10.1. The maximum atomic E-state index is 13.4. The van der Waals surface area contributed by atoms with Crippen molar-refractivity contribution in [1.29, 1.82) is 5.41 Å². The molecule has 0 bridgehead atoms. The van der Waals surface area contributed by atoms with Crippen LogP contribution in [0, 0.1) is 11.2 Å². The van der Waals surface area contributed by atoms with E-state index in [-0.39, 0.29) is 11.3 Å². The molecule has 0 radical (unpaired) electrons. The number of benzene rings is 1. The van der Waals surface area contributed by atoms with Crippen molar-refractivity contribution in [2.24, 2.45) is 5.10 Å². The molecule has 120 valence electrons. The van der Waals surface area contributed by atoms with Crippen LogP contribution in [0.5, 0.6) is 0 Å². The van der Waals surface area contributed by atoms with Crippen molar-refractivity contribution in [1.82, 2.24) is 10.6 Å². The van der Waals surface area contributed by atoms with E-state index in [1.807, 2.05) is 0 Å². The van der Waals surface area contributed by atoms with E-state index >= 15 is 0 Å². The van der Waals surface area contributed by atoms with E-state index in [1.165, 1.54) is 57.6 Å². The van der Waals surface area contributed by atoms with Crippen LogP contribution >= 0.6 is 0 Å². The number of anilines is 1. The third-order valence-electron chi connectivity index (χ3n) is 3.02. The van der Waals surface area contributed by atoms with Crippen molar-refractivity contribution in [2.45, 2.75) is 19.3 Å². The highest BCUT2D eigenvalue weighted by molar-refractivity contribution is 6.14. The molecule has 1 saturated heterocycles. The number of rotatable bonds is 4. The maximum absolute atomic E-state index is 13.4. The zero-order valence-electron chi connectivity index (χ0n) is 12.7. The second-order valence-electron chi connectivity index (χ2n) is 4.61. The predicted molar refractivity (Wildman–Crippen MR) is 87.4 cm³/mol. The van der Waals surface area contributed by atoms with E-state index < -0.39 is 11.7 Å². The van der Waals surface area contributed by atoms with Gasteiger partial charge in [-0.05, 0) is 38.1 Å². The summed E-state index contributed by atoms with van der Waals surface area (Å²) in [6.07, 6.45) is 6.29. The van der Waals surface area contributed by atoms with Gasteiger partial charge in [0.25, 0.3) is 5.91 Å². The number of carbonyl (C=O) groups is 1. The number of carbonyl (C=O) groups excluding carboxylic acids is 1. The highest BCUT2D eigenvalue weighted by Crippen LogP contribution is 2.19. The Bertz CT molecular complexity index is 503. The first-order valence-electron chi connectivity index (χ1n) is 7.20. The van der Waals surface area contributed by atoms with Crippen molar-refractivity contribution < 1.29 is 9.18 Å². The van der Waals surface area contributed by atoms with Gasteiger partial charge in [0.05, 0.1) is 11.8 Å². The molecule has 0 aromatic heterocycles. The lowest BCUT2D eigenvalue weighted by Gasteiger charge is -2.08. The van der Waals surface area contributed by atoms with Crippen LogP contribution in [0.1, 0.15) is 29.6 Å². The number of hydrogen-bond acceptors (Lipinski definition) is 5. The number of amides is 1. The van der Waals surface area contributed by atoms with Gasteiger partial charge in [0.1, 0.15) is 11.5 Å². The largest absolute Gasteiger partial charge is 0.355 e. The van der Waals surface area contributed by atoms with Crippen LogP contribution in [0.15, 0.2) is 23.3 Å². The first-order chi connectivity index (χ1) is 10.7. The monoisotopic (exact) mass is 307 g/mol. The molecular formula is C15H22FN5O. The van der Waals surface area contributed by atoms with Crippen molar-refractivity contribution in [3.8, 4) is 0 Å². The topological polar surface area (TPSA) is 89.4 Å². The van der Waals surface area contributed by atoms with Gasteiger partial charge in [-0.3, -0.25) is 10.2 Å². The molecule has 4 N–H and O–H groups in total. The van der Waals surface area contributed by atoms with Crippen molar-refractivity contribution in [3.05, 3.63) is 29.6 Å². The lowest BCUT2D eigenvalue weighted by Crippen LogP contribution is -2.21. The first-order valence-corrected chi connectivity index (χ1v) is 7.20. The number of nitrogens with zero attached hydrogens (tertiary/aromatic N) is 1. The smallest absolute Gasteiger partial charge is 0.253 e. The van der Waals surface area contributed by atoms with Gasteiger partial charge < -0.3 is 16.0 Å². The van der Waals surface area contributed by atoms with E-state index in [4.69, 9.17) is 5.41 Å². The average molecular weight is 307 g/mol. The molecule has 1 aliphatic rings. The quantitative estimate of drug-likeness (QED) is 0.506. The second kappa shape index (κ2) is 10.4. The molecule has 2 rings (SSSR count). The summed E-state index contributed by atoms with van der Waals surface area (Å²) in [5.41, 5.74) is 2.52. The summed E-state index contributed by atoms with van der Waals surface area (Å²) >= 11 is 0. The van der Waals surface area contributed by atoms with Crippen molar-refractivity contribution in [3.63, 3.8) is 0 Å². The summed E-state index contributed by atoms with van der Waals surface area (Å²) in [5.74, 6) is -0.990. The second-order valence-corrected chi connectivity index (χ2v) is 4.61. The van der Waals surface area contributed by atoms with E-state index in [0.29, 0.717) is 0 Å². The number of nitrogens with one attached hydrogen (secondary N) is 4. The van der Waals surface area contributed by atoms with Gasteiger partial charge >= 0.3 is 0 Å². The van der Waals surface area contributed by atoms with Gasteiger partial charge in [-0.15, -0.1) is 0 Å². The summed E-state index contributed by atoms with van der Waals surface area (Å²) in [6.45, 7) is 2.50. The molecular weight excluding hydrogens is 285 g/mol. The Morgan fingerprint density at radius 1 is 1.36 bits per heavy atom. The Hall–Kier alpha value is -2.28. The van der Waals surface area contributed by atoms with E-state index in [2.05, 4.69) is 21.2 Å². The van der Waals surface area contributed by atoms with Crippen LogP contribution in [-0.2, 0) is 0 Å². The molecule has 1 aliphatic heterocycles. The van der Waals surface area contributed by atoms with E-state index in [9.17, 15) is 9.18 Å². The van der Waals surface area contributed by atoms with Gasteiger partial charge in [-0.2, -0.15) is 5.10 Å². The molecule has 0 atom stereocenters. The Balaban J connectivity index is 0.000000335. The third-order valence-corrected chi connectivity index (χ3v) is 3.02. The summed E-state index contributed by atoms with van der Waals surface area (Å²) < 4.78 is 13.4. The van der Waals surface area contributed by atoms with Crippen LogP contribution in [0.4, 0.5) is 10.1 Å². The van der Waals surface area contributed by atoms with E-state index in [1.54, 1.807) is 0 Å². The van der Waals surface area contributed by atoms with Crippen molar-refractivity contribution >= 4 is 24.0 Å². The highest BCUT2D eigenvalue weighted by atomic mass is 19.1. The van der Waals surface area contributed by atoms with Gasteiger partial charge in [-0.25, -0.2) is 4.39 Å². The lowest BCUT2D eigenvalue weighted by molar-refractivity contribution is 0.0963. The average Bonchev–Trinajstić information content (AvgIpc) is 2.58. The normalized spacial score (nSPS) is 13.9. The van der Waals surface area contributed by atoms with Gasteiger partial charge in [0.2, 0.25) is 0 Å². The standard InChI is InChI=1S/C10H11FN4O.C5H11N/c1-13-10(16)7-3-2-4-8(11)9(7)15-14-6-5-12;1-2-4-6-5-3-1/h2-6,12,15H,1H3,(H,13,16);6H,1-5H2/b12-5?,14-6-;. The number of hydrazone groups is 1. The highest BCUT2D eigenvalue weighted by Gasteiger charge is 2.13. The van der Waals surface area contributed by atoms with Crippen LogP contribution in [-0.4, -0.2) is 38.5 Å². The van der Waals surface area contributed by atoms with Crippen LogP contribution in [0.2, 0.25) is 0 Å². The summed E-state index contributed by atoms with van der Waals surface area (Å²) in [4.78, 5) is 11.4. The Morgan fingerprint density at radius 2 is 2.09 bits per heavy atom. The molecule has 0 aliphatic carbocycles. The number of para-hydroxylation sites is 1. The first kappa shape index (κ1) is 17.8. The SMILES string of the molecule is C1CCNCC1.CNC(=O)c1cccc(F)c1N/N=C\C=N. The maximum Gasteiger partial charge on any atom is 0.253 e. The van der Waals surface area contributed by atoms with Crippen LogP contribution in [0.25, 0.3) is 0 Å². The fourth-order valence-electron chi connectivity index (χ4n) is 1.90. The number of halogens is 1. The van der Waals surface area contributed by atoms with Crippen molar-refractivity contribution in [2.75, 3.05) is 25.6 Å². The molecule has 1 amide bonds. The molecule has 0 spiro atoms. The fourth-order valence-corrected chi connectivity index (χ4v) is 1.90. The summed E-state index contributed by atoms with van der Waals surface area (Å²) in [5, 5.41) is 16.0. The molecule has 0 unspecified atom stereocenters. The predicted octanol–water partition coefficient (Wildman–Crippen LogP) is 1.99. The van der Waals surface area contributed by atoms with Gasteiger partial charge in [0.15, 0.2) is 0 Å². The number of piperidine rings is 1. The third kappa shape index (κ3) is 6.01. The number of hydrogen-bond donors (Lipinski definition) is 4. The fraction of sp³-hybridized carbons (Fsp3) is 0.400. The zero-order chi connectivity index (χ0) is 16.2. The molecule has 1 fully saturated rings. The minimum absolute atomic E-state index is 0.0139. The molecule has 7 heteroatoms. The van der Waals surface area contributed by atoms with E-state index in [0.717, 1.165) is 12.4 Å². The Labute approximate surface area is 129 Å². The zero-order valence-corrected chi connectivity index (χ0v) is 12.7. The molecule has 1 heterocycles. The van der Waals surface area contributed by atoms with Crippen LogP contribution < -0.4 is 16.1 Å². The minimum atomic E-state index is -0.580. The van der Waals surface area contributed by atoms with Gasteiger partial charge in [-0.1, -0.05) is 12.5 Å². The molecule has 6 nitrogen and oxygen atoms in total. The summed E-state index contributed by atoms with van der Waals surface area (Å²) in [7, 11) is 1.46.